The number of likely N-dealkylation sites (tertiary alicyclic amines) is 1. The summed E-state index contributed by atoms with van der Waals surface area (Å²) in [5, 5.41) is 3.75. The molecule has 2 fully saturated rings. The van der Waals surface area contributed by atoms with E-state index < -0.39 is 5.60 Å². The number of para-hydroxylation sites is 1. The molecule has 1 aliphatic carbocycles. The minimum atomic E-state index is -0.424. The molecule has 2 bridgehead atoms. The van der Waals surface area contributed by atoms with E-state index in [1.165, 1.54) is 11.3 Å². The molecule has 1 saturated heterocycles. The summed E-state index contributed by atoms with van der Waals surface area (Å²) in [5.74, 6) is 1.02. The van der Waals surface area contributed by atoms with Crippen molar-refractivity contribution in [3.8, 4) is 0 Å². The van der Waals surface area contributed by atoms with Crippen molar-refractivity contribution in [2.45, 2.75) is 71.1 Å². The van der Waals surface area contributed by atoms with Crippen molar-refractivity contribution in [2.24, 2.45) is 5.92 Å². The number of amides is 1. The fourth-order valence-electron chi connectivity index (χ4n) is 4.01. The number of rotatable bonds is 3. The lowest BCUT2D eigenvalue weighted by Crippen LogP contribution is -2.45. The summed E-state index contributed by atoms with van der Waals surface area (Å²) in [7, 11) is 0. The van der Waals surface area contributed by atoms with Crippen LogP contribution in [-0.4, -0.2) is 35.2 Å². The fourth-order valence-corrected chi connectivity index (χ4v) is 4.01. The van der Waals surface area contributed by atoms with Gasteiger partial charge in [-0.3, -0.25) is 0 Å². The average Bonchev–Trinajstić information content (AvgIpc) is 3.05. The molecule has 1 saturated carbocycles. The topological polar surface area (TPSA) is 41.6 Å². The molecule has 24 heavy (non-hydrogen) atoms. The first-order chi connectivity index (χ1) is 11.2. The molecular weight excluding hydrogens is 300 g/mol. The molecule has 4 nitrogen and oxygen atoms in total. The first-order valence-corrected chi connectivity index (χ1v) is 9.09. The van der Waals surface area contributed by atoms with Crippen LogP contribution in [0.4, 0.5) is 10.5 Å². The van der Waals surface area contributed by atoms with Crippen LogP contribution in [0.5, 0.6) is 0 Å². The molecule has 1 aromatic rings. The summed E-state index contributed by atoms with van der Waals surface area (Å²) in [4.78, 5) is 14.3. The third-order valence-corrected chi connectivity index (χ3v) is 5.09. The first kappa shape index (κ1) is 17.1. The summed E-state index contributed by atoms with van der Waals surface area (Å²) in [6.07, 6.45) is 1.94. The molecule has 0 unspecified atom stereocenters. The summed E-state index contributed by atoms with van der Waals surface area (Å²) in [5.41, 5.74) is 2.19. The lowest BCUT2D eigenvalue weighted by atomic mass is 9.98. The molecule has 3 atom stereocenters. The van der Waals surface area contributed by atoms with Gasteiger partial charge in [-0.15, -0.1) is 0 Å². The Bertz CT molecular complexity index is 606. The van der Waals surface area contributed by atoms with E-state index in [9.17, 15) is 4.79 Å². The van der Waals surface area contributed by atoms with Crippen LogP contribution >= 0.6 is 0 Å². The number of hydrogen-bond donors (Lipinski definition) is 1. The predicted molar refractivity (Wildman–Crippen MR) is 97.4 cm³/mol. The molecule has 1 amide bonds. The van der Waals surface area contributed by atoms with Crippen LogP contribution in [-0.2, 0) is 4.74 Å². The summed E-state index contributed by atoms with van der Waals surface area (Å²) < 4.78 is 5.54. The third-order valence-electron chi connectivity index (χ3n) is 5.09. The molecule has 0 spiro atoms. The van der Waals surface area contributed by atoms with Crippen LogP contribution in [0, 0.1) is 5.92 Å². The zero-order chi connectivity index (χ0) is 17.5. The molecule has 0 aromatic heterocycles. The number of piperidine rings is 1. The van der Waals surface area contributed by atoms with E-state index in [4.69, 9.17) is 4.74 Å². The second kappa shape index (κ2) is 6.30. The van der Waals surface area contributed by atoms with Crippen LogP contribution < -0.4 is 5.32 Å². The molecular formula is C20H30N2O2. The number of carbonyl (C=O) groups is 1. The van der Waals surface area contributed by atoms with Gasteiger partial charge in [-0.2, -0.15) is 0 Å². The zero-order valence-corrected chi connectivity index (χ0v) is 15.5. The number of nitrogens with zero attached hydrogens (tertiary/aromatic N) is 1. The highest BCUT2D eigenvalue weighted by molar-refractivity contribution is 5.69. The van der Waals surface area contributed by atoms with Gasteiger partial charge >= 0.3 is 6.09 Å². The van der Waals surface area contributed by atoms with Gasteiger partial charge in [-0.05, 0) is 57.1 Å². The second-order valence-corrected chi connectivity index (χ2v) is 8.51. The van der Waals surface area contributed by atoms with Gasteiger partial charge in [0, 0.05) is 24.3 Å². The SMILES string of the molecule is CC(C)c1ccccc1N[C@@H]1C[C@H]2C[C@@H]1CN2C(=O)OC(C)(C)C. The minimum Gasteiger partial charge on any atom is -0.444 e. The van der Waals surface area contributed by atoms with E-state index in [0.717, 1.165) is 19.4 Å². The number of hydrogen-bond acceptors (Lipinski definition) is 3. The maximum atomic E-state index is 12.3. The quantitative estimate of drug-likeness (QED) is 0.879. The molecule has 3 rings (SSSR count). The lowest BCUT2D eigenvalue weighted by molar-refractivity contribution is 0.0186. The molecule has 132 valence electrons. The smallest absolute Gasteiger partial charge is 0.410 e. The van der Waals surface area contributed by atoms with Crippen molar-refractivity contribution in [2.75, 3.05) is 11.9 Å². The van der Waals surface area contributed by atoms with Crippen molar-refractivity contribution >= 4 is 11.8 Å². The molecule has 1 N–H and O–H groups in total. The van der Waals surface area contributed by atoms with Crippen LogP contribution in [0.25, 0.3) is 0 Å². The number of fused-ring (bicyclic) bond motifs is 2. The number of nitrogens with one attached hydrogen (secondary N) is 1. The standard InChI is InChI=1S/C20H30N2O2/c1-13(2)16-8-6-7-9-17(16)21-18-11-15-10-14(18)12-22(15)19(23)24-20(3,4)5/h6-9,13-15,18,21H,10-12H2,1-5H3/t14-,15-,18-/m1/s1. The zero-order valence-electron chi connectivity index (χ0n) is 15.5. The maximum Gasteiger partial charge on any atom is 0.410 e. The van der Waals surface area contributed by atoms with Gasteiger partial charge in [0.25, 0.3) is 0 Å². The Balaban J connectivity index is 1.63. The Morgan fingerprint density at radius 3 is 2.54 bits per heavy atom. The molecule has 4 heteroatoms. The van der Waals surface area contributed by atoms with E-state index in [0.29, 0.717) is 23.9 Å². The van der Waals surface area contributed by atoms with Gasteiger partial charge in [0.05, 0.1) is 0 Å². The average molecular weight is 330 g/mol. The fraction of sp³-hybridized carbons (Fsp3) is 0.650. The number of benzene rings is 1. The Kier molecular flexibility index (Phi) is 4.50. The van der Waals surface area contributed by atoms with Crippen LogP contribution in [0.3, 0.4) is 0 Å². The maximum absolute atomic E-state index is 12.3. The van der Waals surface area contributed by atoms with E-state index in [1.54, 1.807) is 0 Å². The Labute approximate surface area is 145 Å². The second-order valence-electron chi connectivity index (χ2n) is 8.51. The van der Waals surface area contributed by atoms with Crippen molar-refractivity contribution < 1.29 is 9.53 Å². The van der Waals surface area contributed by atoms with E-state index in [1.807, 2.05) is 25.7 Å². The predicted octanol–water partition coefficient (Wildman–Crippen LogP) is 4.62. The van der Waals surface area contributed by atoms with Crippen molar-refractivity contribution in [3.05, 3.63) is 29.8 Å². The molecule has 1 heterocycles. The van der Waals surface area contributed by atoms with Crippen molar-refractivity contribution in [1.82, 2.24) is 4.90 Å². The largest absolute Gasteiger partial charge is 0.444 e. The van der Waals surface area contributed by atoms with Crippen LogP contribution in [0.2, 0.25) is 0 Å². The summed E-state index contributed by atoms with van der Waals surface area (Å²) in [6, 6.07) is 9.34. The molecule has 2 aliphatic rings. The van der Waals surface area contributed by atoms with E-state index in [2.05, 4.69) is 43.4 Å². The van der Waals surface area contributed by atoms with Gasteiger partial charge in [-0.1, -0.05) is 32.0 Å². The first-order valence-electron chi connectivity index (χ1n) is 9.09. The summed E-state index contributed by atoms with van der Waals surface area (Å²) >= 11 is 0. The minimum absolute atomic E-state index is 0.156. The lowest BCUT2D eigenvalue weighted by Gasteiger charge is -2.34. The number of carbonyl (C=O) groups excluding carboxylic acids is 1. The highest BCUT2D eigenvalue weighted by Gasteiger charge is 2.47. The molecule has 1 aromatic carbocycles. The van der Waals surface area contributed by atoms with Gasteiger partial charge in [0.15, 0.2) is 0 Å². The highest BCUT2D eigenvalue weighted by atomic mass is 16.6. The Hall–Kier alpha value is -1.71. The summed E-state index contributed by atoms with van der Waals surface area (Å²) in [6.45, 7) is 11.0. The van der Waals surface area contributed by atoms with Crippen molar-refractivity contribution in [1.29, 1.82) is 0 Å². The third kappa shape index (κ3) is 3.52. The number of anilines is 1. The van der Waals surface area contributed by atoms with Gasteiger partial charge in [0.1, 0.15) is 5.60 Å². The van der Waals surface area contributed by atoms with Gasteiger partial charge in [0.2, 0.25) is 0 Å². The van der Waals surface area contributed by atoms with E-state index >= 15 is 0 Å². The normalized spacial score (nSPS) is 26.1. The molecule has 0 radical (unpaired) electrons. The molecule has 1 aliphatic heterocycles. The number of ether oxygens (including phenoxy) is 1. The monoisotopic (exact) mass is 330 g/mol. The van der Waals surface area contributed by atoms with Crippen LogP contribution in [0.15, 0.2) is 24.3 Å². The van der Waals surface area contributed by atoms with Gasteiger partial charge < -0.3 is 15.0 Å². The van der Waals surface area contributed by atoms with Crippen LogP contribution in [0.1, 0.15) is 58.9 Å². The Morgan fingerprint density at radius 1 is 1.25 bits per heavy atom. The van der Waals surface area contributed by atoms with Gasteiger partial charge in [-0.25, -0.2) is 4.79 Å². The van der Waals surface area contributed by atoms with Crippen molar-refractivity contribution in [3.63, 3.8) is 0 Å². The Morgan fingerprint density at radius 2 is 1.96 bits per heavy atom. The highest BCUT2D eigenvalue weighted by Crippen LogP contribution is 2.40. The van der Waals surface area contributed by atoms with E-state index in [-0.39, 0.29) is 6.09 Å².